The van der Waals surface area contributed by atoms with Crippen LogP contribution in [0.5, 0.6) is 0 Å². The van der Waals surface area contributed by atoms with Crippen LogP contribution in [0.4, 0.5) is 4.39 Å². The second-order valence-corrected chi connectivity index (χ2v) is 11.4. The van der Waals surface area contributed by atoms with Gasteiger partial charge in [0.15, 0.2) is 0 Å². The summed E-state index contributed by atoms with van der Waals surface area (Å²) < 4.78 is 24.7. The minimum absolute atomic E-state index is 0.0990. The number of amides is 1. The van der Waals surface area contributed by atoms with E-state index >= 15 is 0 Å². The molecule has 0 bridgehead atoms. The molecule has 3 atom stereocenters. The molecule has 1 saturated heterocycles. The third kappa shape index (κ3) is 10.0. The van der Waals surface area contributed by atoms with Crippen LogP contribution >= 0.6 is 0 Å². The summed E-state index contributed by atoms with van der Waals surface area (Å²) in [5.74, 6) is -1.57. The van der Waals surface area contributed by atoms with Crippen molar-refractivity contribution in [3.63, 3.8) is 0 Å². The molecule has 1 N–H and O–H groups in total. The van der Waals surface area contributed by atoms with Crippen LogP contribution < -0.4 is 5.32 Å². The van der Waals surface area contributed by atoms with Gasteiger partial charge in [0.1, 0.15) is 24.0 Å². The highest BCUT2D eigenvalue weighted by molar-refractivity contribution is 5.87. The van der Waals surface area contributed by atoms with E-state index in [-0.39, 0.29) is 36.7 Å². The van der Waals surface area contributed by atoms with Crippen LogP contribution in [0, 0.1) is 5.82 Å². The number of halogens is 1. The average Bonchev–Trinajstić information content (AvgIpc) is 3.05. The first kappa shape index (κ1) is 31.3. The highest BCUT2D eigenvalue weighted by Crippen LogP contribution is 2.28. The van der Waals surface area contributed by atoms with Gasteiger partial charge in [-0.25, -0.2) is 4.39 Å². The maximum atomic E-state index is 13.8. The van der Waals surface area contributed by atoms with Crippen molar-refractivity contribution in [1.29, 1.82) is 0 Å². The largest absolute Gasteiger partial charge is 0.465 e. The van der Waals surface area contributed by atoms with Crippen LogP contribution in [-0.4, -0.2) is 60.1 Å². The van der Waals surface area contributed by atoms with Crippen molar-refractivity contribution in [1.82, 2.24) is 10.2 Å². The van der Waals surface area contributed by atoms with Crippen molar-refractivity contribution in [2.75, 3.05) is 19.7 Å². The molecule has 2 aromatic rings. The SMILES string of the molecule is CCCCOC(=O)[C@H](CCc1ccccc1)N[C@@H]1CC[C@@H](c2ccc(F)cc2)CN(CC(=O)OC(C)(C)C)C1=O. The number of rotatable bonds is 12. The second-order valence-electron chi connectivity index (χ2n) is 11.4. The van der Waals surface area contributed by atoms with Crippen molar-refractivity contribution in [2.24, 2.45) is 0 Å². The van der Waals surface area contributed by atoms with Gasteiger partial charge in [0.2, 0.25) is 5.91 Å². The molecule has 1 amide bonds. The molecule has 1 aliphatic rings. The van der Waals surface area contributed by atoms with Crippen molar-refractivity contribution < 1.29 is 28.2 Å². The molecule has 1 heterocycles. The number of nitrogens with zero attached hydrogens (tertiary/aromatic N) is 1. The number of aryl methyl sites for hydroxylation is 1. The molecule has 3 rings (SSSR count). The lowest BCUT2D eigenvalue weighted by atomic mass is 9.93. The zero-order chi connectivity index (χ0) is 29.1. The van der Waals surface area contributed by atoms with E-state index in [0.717, 1.165) is 24.0 Å². The molecule has 0 unspecified atom stereocenters. The Hall–Kier alpha value is -3.26. The first-order valence-corrected chi connectivity index (χ1v) is 14.3. The Kier molecular flexibility index (Phi) is 11.7. The molecule has 1 fully saturated rings. The van der Waals surface area contributed by atoms with Gasteiger partial charge < -0.3 is 14.4 Å². The van der Waals surface area contributed by atoms with Crippen LogP contribution in [0.2, 0.25) is 0 Å². The molecule has 0 aliphatic carbocycles. The lowest BCUT2D eigenvalue weighted by Crippen LogP contribution is -2.53. The normalized spacial score (nSPS) is 18.6. The van der Waals surface area contributed by atoms with E-state index in [9.17, 15) is 18.8 Å². The summed E-state index contributed by atoms with van der Waals surface area (Å²) in [7, 11) is 0. The van der Waals surface area contributed by atoms with Crippen LogP contribution in [-0.2, 0) is 30.3 Å². The fourth-order valence-electron chi connectivity index (χ4n) is 4.88. The Morgan fingerprint density at radius 3 is 2.42 bits per heavy atom. The fourth-order valence-corrected chi connectivity index (χ4v) is 4.88. The molecule has 218 valence electrons. The number of hydrogen-bond acceptors (Lipinski definition) is 6. The maximum Gasteiger partial charge on any atom is 0.326 e. The zero-order valence-corrected chi connectivity index (χ0v) is 24.2. The van der Waals surface area contributed by atoms with Gasteiger partial charge in [0.25, 0.3) is 0 Å². The van der Waals surface area contributed by atoms with Gasteiger partial charge in [0.05, 0.1) is 12.6 Å². The minimum atomic E-state index is -0.690. The van der Waals surface area contributed by atoms with Crippen LogP contribution in [0.25, 0.3) is 0 Å². The molecule has 2 aromatic carbocycles. The lowest BCUT2D eigenvalue weighted by Gasteiger charge is -2.29. The first-order valence-electron chi connectivity index (χ1n) is 14.3. The predicted molar refractivity (Wildman–Crippen MR) is 152 cm³/mol. The molecule has 0 saturated carbocycles. The fraction of sp³-hybridized carbons (Fsp3) is 0.531. The number of nitrogens with one attached hydrogen (secondary N) is 1. The number of likely N-dealkylation sites (tertiary alicyclic amines) is 1. The third-order valence-corrected chi connectivity index (χ3v) is 6.93. The standard InChI is InChI=1S/C32H43FN2O5/c1-5-6-20-39-31(38)28(18-12-23-10-8-7-9-11-23)34-27-19-15-25(24-13-16-26(33)17-14-24)21-35(30(27)37)22-29(36)40-32(2,3)4/h7-11,13-14,16-17,25,27-28,34H,5-6,12,15,18-22H2,1-4H3/t25-,27-,28+/m1/s1. The first-order chi connectivity index (χ1) is 19.1. The zero-order valence-electron chi connectivity index (χ0n) is 24.2. The number of benzene rings is 2. The Morgan fingerprint density at radius 1 is 1.07 bits per heavy atom. The lowest BCUT2D eigenvalue weighted by molar-refractivity contribution is -0.159. The summed E-state index contributed by atoms with van der Waals surface area (Å²) in [6, 6.07) is 14.7. The smallest absolute Gasteiger partial charge is 0.326 e. The molecule has 0 aromatic heterocycles. The van der Waals surface area contributed by atoms with Crippen molar-refractivity contribution >= 4 is 17.8 Å². The van der Waals surface area contributed by atoms with Crippen LogP contribution in [0.15, 0.2) is 54.6 Å². The summed E-state index contributed by atoms with van der Waals surface area (Å²) in [5, 5.41) is 3.30. The minimum Gasteiger partial charge on any atom is -0.465 e. The highest BCUT2D eigenvalue weighted by Gasteiger charge is 2.36. The van der Waals surface area contributed by atoms with E-state index in [4.69, 9.17) is 9.47 Å². The molecule has 0 spiro atoms. The number of ether oxygens (including phenoxy) is 2. The van der Waals surface area contributed by atoms with E-state index in [1.807, 2.05) is 37.3 Å². The second kappa shape index (κ2) is 14.9. The third-order valence-electron chi connectivity index (χ3n) is 6.93. The number of hydrogen-bond donors (Lipinski definition) is 1. The monoisotopic (exact) mass is 554 g/mol. The highest BCUT2D eigenvalue weighted by atomic mass is 19.1. The van der Waals surface area contributed by atoms with Gasteiger partial charge in [0, 0.05) is 12.5 Å². The summed E-state index contributed by atoms with van der Waals surface area (Å²) in [6.45, 7) is 7.78. The topological polar surface area (TPSA) is 84.9 Å². The van der Waals surface area contributed by atoms with E-state index in [0.29, 0.717) is 32.3 Å². The summed E-state index contributed by atoms with van der Waals surface area (Å²) >= 11 is 0. The molecule has 8 heteroatoms. The number of esters is 2. The van der Waals surface area contributed by atoms with Gasteiger partial charge in [-0.05, 0) is 76.1 Å². The maximum absolute atomic E-state index is 13.8. The van der Waals surface area contributed by atoms with E-state index in [1.165, 1.54) is 17.0 Å². The Labute approximate surface area is 237 Å². The van der Waals surface area contributed by atoms with Crippen molar-refractivity contribution in [3.8, 4) is 0 Å². The van der Waals surface area contributed by atoms with Gasteiger partial charge >= 0.3 is 11.9 Å². The van der Waals surface area contributed by atoms with Crippen LogP contribution in [0.1, 0.15) is 76.8 Å². The number of carbonyl (C=O) groups excluding carboxylic acids is 3. The van der Waals surface area contributed by atoms with Crippen LogP contribution in [0.3, 0.4) is 0 Å². The van der Waals surface area contributed by atoms with Crippen molar-refractivity contribution in [3.05, 3.63) is 71.5 Å². The van der Waals surface area contributed by atoms with Gasteiger partial charge in [-0.15, -0.1) is 0 Å². The summed E-state index contributed by atoms with van der Waals surface area (Å²) in [4.78, 5) is 41.2. The van der Waals surface area contributed by atoms with E-state index in [1.54, 1.807) is 32.9 Å². The van der Waals surface area contributed by atoms with E-state index in [2.05, 4.69) is 5.32 Å². The Balaban J connectivity index is 1.81. The average molecular weight is 555 g/mol. The van der Waals surface area contributed by atoms with E-state index < -0.39 is 23.7 Å². The molecule has 7 nitrogen and oxygen atoms in total. The number of unbranched alkanes of at least 4 members (excludes halogenated alkanes) is 1. The molecule has 1 aliphatic heterocycles. The quantitative estimate of drug-likeness (QED) is 0.288. The molecule has 40 heavy (non-hydrogen) atoms. The Morgan fingerprint density at radius 2 is 1.77 bits per heavy atom. The van der Waals surface area contributed by atoms with Gasteiger partial charge in [-0.2, -0.15) is 0 Å². The molecular formula is C32H43FN2O5. The van der Waals surface area contributed by atoms with Gasteiger partial charge in [-0.1, -0.05) is 55.8 Å². The predicted octanol–water partition coefficient (Wildman–Crippen LogP) is 5.18. The van der Waals surface area contributed by atoms with Gasteiger partial charge in [-0.3, -0.25) is 19.7 Å². The number of carbonyl (C=O) groups is 3. The van der Waals surface area contributed by atoms with Crippen molar-refractivity contribution in [2.45, 2.75) is 89.8 Å². The summed E-state index contributed by atoms with van der Waals surface area (Å²) in [5.41, 5.74) is 1.29. The Bertz CT molecular complexity index is 1100. The molecular weight excluding hydrogens is 511 g/mol. The summed E-state index contributed by atoms with van der Waals surface area (Å²) in [6.07, 6.45) is 3.85. The molecule has 0 radical (unpaired) electrons.